The quantitative estimate of drug-likeness (QED) is 0.689. The molecule has 0 saturated carbocycles. The monoisotopic (exact) mass is 201 g/mol. The van der Waals surface area contributed by atoms with Crippen LogP contribution in [0.5, 0.6) is 0 Å². The first-order chi connectivity index (χ1) is 5.29. The summed E-state index contributed by atoms with van der Waals surface area (Å²) in [6, 6.07) is 5.97. The number of hydrogen-bond acceptors (Lipinski definition) is 3. The van der Waals surface area contributed by atoms with Crippen molar-refractivity contribution in [2.24, 2.45) is 0 Å². The molecule has 0 saturated heterocycles. The summed E-state index contributed by atoms with van der Waals surface area (Å²) in [5.41, 5.74) is 0. The lowest BCUT2D eigenvalue weighted by atomic mass is 10.5. The van der Waals surface area contributed by atoms with Crippen molar-refractivity contribution >= 4 is 21.6 Å². The molecule has 1 aromatic heterocycles. The van der Waals surface area contributed by atoms with E-state index in [4.69, 9.17) is 0 Å². The molecule has 0 aliphatic rings. The Labute approximate surface area is 82.8 Å². The second-order valence-corrected chi connectivity index (χ2v) is 5.19. The van der Waals surface area contributed by atoms with Crippen LogP contribution >= 0.6 is 21.6 Å². The van der Waals surface area contributed by atoms with Gasteiger partial charge in [0.05, 0.1) is 0 Å². The lowest BCUT2D eigenvalue weighted by Crippen LogP contribution is -1.81. The van der Waals surface area contributed by atoms with Crippen LogP contribution in [0.25, 0.3) is 0 Å². The van der Waals surface area contributed by atoms with Gasteiger partial charge in [-0.2, -0.15) is 0 Å². The predicted molar refractivity (Wildman–Crippen MR) is 59.6 cm³/mol. The Balaban J connectivity index is 0.00000121. The summed E-state index contributed by atoms with van der Waals surface area (Å²) in [6.07, 6.45) is 1.82. The van der Waals surface area contributed by atoms with E-state index in [1.807, 2.05) is 35.2 Å². The molecule has 1 rings (SSSR count). The van der Waals surface area contributed by atoms with Crippen LogP contribution in [0, 0.1) is 0 Å². The lowest BCUT2D eigenvalue weighted by Gasteiger charge is -2.01. The first-order valence-electron chi connectivity index (χ1n) is 3.53. The van der Waals surface area contributed by atoms with Crippen LogP contribution in [0.15, 0.2) is 29.4 Å². The molecule has 1 nitrogen and oxygen atoms in total. The second-order valence-electron chi connectivity index (χ2n) is 2.40. The van der Waals surface area contributed by atoms with Gasteiger partial charge >= 0.3 is 0 Å². The minimum Gasteiger partial charge on any atom is -0.249 e. The Morgan fingerprint density at radius 1 is 1.33 bits per heavy atom. The van der Waals surface area contributed by atoms with E-state index in [2.05, 4.69) is 18.8 Å². The zero-order valence-corrected chi connectivity index (χ0v) is 8.28. The van der Waals surface area contributed by atoms with Crippen molar-refractivity contribution in [2.75, 3.05) is 0 Å². The van der Waals surface area contributed by atoms with Crippen LogP contribution in [-0.4, -0.2) is 10.2 Å². The van der Waals surface area contributed by atoms with Crippen LogP contribution in [0.4, 0.5) is 0 Å². The summed E-state index contributed by atoms with van der Waals surface area (Å²) in [5, 5.41) is 1.74. The van der Waals surface area contributed by atoms with Gasteiger partial charge < -0.3 is 0 Å². The molecule has 0 N–H and O–H groups in total. The number of aromatic nitrogens is 1. The largest absolute Gasteiger partial charge is 0.249 e. The molecule has 0 spiro atoms. The third-order valence-corrected chi connectivity index (χ3v) is 3.81. The van der Waals surface area contributed by atoms with E-state index < -0.39 is 0 Å². The van der Waals surface area contributed by atoms with Crippen molar-refractivity contribution in [3.8, 4) is 0 Å². The molecule has 0 bridgehead atoms. The molecule has 3 heteroatoms. The standard InChI is InChI=1S/C8H11NS2.CH4/c1-7(2)10-11-8-5-3-4-6-9-8;/h3-7H,1-2H3;1H4. The normalized spacial score (nSPS) is 9.58. The second kappa shape index (κ2) is 6.38. The lowest BCUT2D eigenvalue weighted by molar-refractivity contribution is 1.12. The number of rotatable bonds is 3. The minimum absolute atomic E-state index is 0. The van der Waals surface area contributed by atoms with Crippen LogP contribution in [0.3, 0.4) is 0 Å². The van der Waals surface area contributed by atoms with Gasteiger partial charge in [-0.05, 0) is 22.9 Å². The summed E-state index contributed by atoms with van der Waals surface area (Å²) in [6.45, 7) is 4.36. The van der Waals surface area contributed by atoms with Crippen LogP contribution < -0.4 is 0 Å². The Morgan fingerprint density at radius 3 is 2.58 bits per heavy atom. The zero-order chi connectivity index (χ0) is 8.10. The molecule has 0 aromatic carbocycles. The van der Waals surface area contributed by atoms with E-state index in [-0.39, 0.29) is 7.43 Å². The highest BCUT2D eigenvalue weighted by molar-refractivity contribution is 8.76. The molecule has 0 unspecified atom stereocenters. The molecule has 68 valence electrons. The Hall–Kier alpha value is -0.150. The van der Waals surface area contributed by atoms with Gasteiger partial charge in [0.1, 0.15) is 5.03 Å². The average Bonchev–Trinajstić information content (AvgIpc) is 2.03. The molecular formula is C9H15NS2. The summed E-state index contributed by atoms with van der Waals surface area (Å²) >= 11 is 0. The van der Waals surface area contributed by atoms with E-state index >= 15 is 0 Å². The van der Waals surface area contributed by atoms with E-state index in [1.165, 1.54) is 0 Å². The van der Waals surface area contributed by atoms with Gasteiger partial charge in [-0.25, -0.2) is 4.98 Å². The predicted octanol–water partition coefficient (Wildman–Crippen LogP) is 3.87. The molecule has 1 aromatic rings. The van der Waals surface area contributed by atoms with Gasteiger partial charge in [0.2, 0.25) is 0 Å². The fourth-order valence-electron chi connectivity index (χ4n) is 0.542. The van der Waals surface area contributed by atoms with Gasteiger partial charge in [-0.1, -0.05) is 38.1 Å². The highest BCUT2D eigenvalue weighted by Gasteiger charge is 1.96. The zero-order valence-electron chi connectivity index (χ0n) is 6.65. The Kier molecular flexibility index (Phi) is 6.30. The summed E-state index contributed by atoms with van der Waals surface area (Å²) in [4.78, 5) is 4.19. The van der Waals surface area contributed by atoms with E-state index in [1.54, 1.807) is 10.8 Å². The maximum Gasteiger partial charge on any atom is 0.106 e. The Morgan fingerprint density at radius 2 is 2.08 bits per heavy atom. The van der Waals surface area contributed by atoms with E-state index in [9.17, 15) is 0 Å². The van der Waals surface area contributed by atoms with E-state index in [0.29, 0.717) is 5.25 Å². The maximum atomic E-state index is 4.19. The van der Waals surface area contributed by atoms with Crippen molar-refractivity contribution in [3.63, 3.8) is 0 Å². The first kappa shape index (κ1) is 11.8. The van der Waals surface area contributed by atoms with Crippen LogP contribution in [0.2, 0.25) is 0 Å². The minimum atomic E-state index is 0. The van der Waals surface area contributed by atoms with Gasteiger partial charge in [0, 0.05) is 11.4 Å². The highest BCUT2D eigenvalue weighted by atomic mass is 33.1. The van der Waals surface area contributed by atoms with Gasteiger partial charge in [-0.3, -0.25) is 0 Å². The smallest absolute Gasteiger partial charge is 0.106 e. The number of hydrogen-bond donors (Lipinski definition) is 0. The fraction of sp³-hybridized carbons (Fsp3) is 0.444. The van der Waals surface area contributed by atoms with Crippen molar-refractivity contribution in [3.05, 3.63) is 24.4 Å². The molecule has 0 fully saturated rings. The highest BCUT2D eigenvalue weighted by Crippen LogP contribution is 2.32. The van der Waals surface area contributed by atoms with Crippen LogP contribution in [0.1, 0.15) is 21.3 Å². The van der Waals surface area contributed by atoms with Crippen molar-refractivity contribution in [2.45, 2.75) is 31.6 Å². The van der Waals surface area contributed by atoms with Gasteiger partial charge in [0.15, 0.2) is 0 Å². The summed E-state index contributed by atoms with van der Waals surface area (Å²) in [7, 11) is 3.57. The SMILES string of the molecule is C.CC(C)SSc1ccccn1. The molecule has 1 heterocycles. The van der Waals surface area contributed by atoms with Gasteiger partial charge in [-0.15, -0.1) is 0 Å². The fourth-order valence-corrected chi connectivity index (χ4v) is 2.24. The number of pyridine rings is 1. The molecule has 0 amide bonds. The van der Waals surface area contributed by atoms with Crippen molar-refractivity contribution < 1.29 is 0 Å². The number of nitrogens with zero attached hydrogens (tertiary/aromatic N) is 1. The van der Waals surface area contributed by atoms with Crippen molar-refractivity contribution in [1.82, 2.24) is 4.98 Å². The average molecular weight is 201 g/mol. The summed E-state index contributed by atoms with van der Waals surface area (Å²) in [5.74, 6) is 0. The molecule has 12 heavy (non-hydrogen) atoms. The van der Waals surface area contributed by atoms with Gasteiger partial charge in [0.25, 0.3) is 0 Å². The molecular weight excluding hydrogens is 186 g/mol. The molecule has 0 atom stereocenters. The third-order valence-electron chi connectivity index (χ3n) is 0.964. The van der Waals surface area contributed by atoms with Crippen molar-refractivity contribution in [1.29, 1.82) is 0 Å². The third kappa shape index (κ3) is 4.67. The molecule has 0 aliphatic carbocycles. The first-order valence-corrected chi connectivity index (χ1v) is 5.74. The molecule has 0 aliphatic heterocycles. The topological polar surface area (TPSA) is 12.9 Å². The molecule has 0 radical (unpaired) electrons. The Bertz CT molecular complexity index is 199. The van der Waals surface area contributed by atoms with Crippen LogP contribution in [-0.2, 0) is 0 Å². The van der Waals surface area contributed by atoms with E-state index in [0.717, 1.165) is 5.03 Å². The summed E-state index contributed by atoms with van der Waals surface area (Å²) < 4.78 is 0. The maximum absolute atomic E-state index is 4.19.